The largest absolute Gasteiger partial charge is 0.436 e. The Bertz CT molecular complexity index is 843. The van der Waals surface area contributed by atoms with Crippen molar-refractivity contribution in [3.63, 3.8) is 0 Å². The van der Waals surface area contributed by atoms with Crippen LogP contribution in [0.5, 0.6) is 0 Å². The number of aryl methyl sites for hydroxylation is 1. The summed E-state index contributed by atoms with van der Waals surface area (Å²) in [5, 5.41) is 18.3. The van der Waals surface area contributed by atoms with Crippen molar-refractivity contribution in [2.45, 2.75) is 97.1 Å². The van der Waals surface area contributed by atoms with Gasteiger partial charge in [0, 0.05) is 0 Å². The highest BCUT2D eigenvalue weighted by Gasteiger charge is 2.43. The molecular weight excluding hydrogens is 465 g/mol. The second-order valence-corrected chi connectivity index (χ2v) is 26.8. The molecule has 0 saturated carbocycles. The van der Waals surface area contributed by atoms with Crippen LogP contribution in [0, 0.1) is 22.7 Å². The van der Waals surface area contributed by atoms with Crippen LogP contribution < -0.4 is 0 Å². The zero-order chi connectivity index (χ0) is 24.6. The van der Waals surface area contributed by atoms with Crippen molar-refractivity contribution >= 4 is 33.8 Å². The van der Waals surface area contributed by atoms with Gasteiger partial charge in [-0.2, -0.15) is 10.5 Å². The van der Waals surface area contributed by atoms with Gasteiger partial charge in [-0.25, -0.2) is 0 Å². The van der Waals surface area contributed by atoms with Gasteiger partial charge in [0.2, 0.25) is 0 Å². The molecule has 0 radical (unpaired) electrons. The number of rotatable bonds is 13. The van der Waals surface area contributed by atoms with Crippen molar-refractivity contribution < 1.29 is 12.3 Å². The van der Waals surface area contributed by atoms with E-state index in [0.717, 1.165) is 24.4 Å². The topological polar surface area (TPSA) is 75.3 Å². The summed E-state index contributed by atoms with van der Waals surface area (Å²) in [6, 6.07) is 11.9. The van der Waals surface area contributed by atoms with Crippen LogP contribution in [-0.4, -0.2) is 33.8 Å². The van der Waals surface area contributed by atoms with E-state index in [1.165, 1.54) is 18.9 Å². The zero-order valence-electron chi connectivity index (χ0n) is 21.6. The summed E-state index contributed by atoms with van der Waals surface area (Å²) in [6.07, 6.45) is 4.29. The van der Waals surface area contributed by atoms with Gasteiger partial charge in [0.1, 0.15) is 12.1 Å². The maximum atomic E-state index is 9.23. The lowest BCUT2D eigenvalue weighted by Crippen LogP contribution is -2.56. The Hall–Kier alpha value is -1.05. The van der Waals surface area contributed by atoms with Crippen LogP contribution in [0.1, 0.15) is 42.9 Å². The number of hydrogen-bond donors (Lipinski definition) is 0. The molecule has 0 atom stereocenters. The van der Waals surface area contributed by atoms with E-state index < -0.39 is 33.8 Å². The molecule has 1 rings (SSSR count). The van der Waals surface area contributed by atoms with E-state index in [9.17, 15) is 5.26 Å². The molecule has 0 heterocycles. The van der Waals surface area contributed by atoms with Crippen LogP contribution in [0.15, 0.2) is 18.2 Å². The average molecular weight is 507 g/mol. The number of nitrogens with zero attached hydrogens (tertiary/aromatic N) is 2. The number of nitriles is 2. The lowest BCUT2D eigenvalue weighted by Gasteiger charge is -2.41. The maximum Gasteiger partial charge on any atom is 0.312 e. The molecule has 1 aromatic rings. The molecule has 5 nitrogen and oxygen atoms in total. The fourth-order valence-corrected chi connectivity index (χ4v) is 23.8. The normalized spacial score (nSPS) is 13.0. The highest BCUT2D eigenvalue weighted by Crippen LogP contribution is 2.28. The minimum Gasteiger partial charge on any atom is -0.436 e. The average Bonchev–Trinajstić information content (AvgIpc) is 2.63. The number of unbranched alkanes of at least 4 members (excludes halogenated alkanes) is 1. The monoisotopic (exact) mass is 506 g/mol. The quantitative estimate of drug-likeness (QED) is 0.268. The summed E-state index contributed by atoms with van der Waals surface area (Å²) in [7, 11) is -8.22. The molecule has 178 valence electrons. The Morgan fingerprint density at radius 3 is 1.69 bits per heavy atom. The molecular formula is C23H42N2O3Si4. The number of benzene rings is 1. The van der Waals surface area contributed by atoms with E-state index >= 15 is 0 Å². The molecule has 0 fully saturated rings. The smallest absolute Gasteiger partial charge is 0.312 e. The first-order valence-corrected chi connectivity index (χ1v) is 23.5. The SMILES string of the molecule is CCCC[Si](C)(C)O[Si](C)(C)O[Si](C)(C)O[Si](C)(C)CCCc1ccc(C#N)c(C#N)c1. The van der Waals surface area contributed by atoms with Gasteiger partial charge in [0.05, 0.1) is 11.1 Å². The first-order chi connectivity index (χ1) is 14.6. The third kappa shape index (κ3) is 10.7. The fraction of sp³-hybridized carbons (Fsp3) is 0.652. The second kappa shape index (κ2) is 11.9. The fourth-order valence-electron chi connectivity index (χ4n) is 4.32. The summed E-state index contributed by atoms with van der Waals surface area (Å²) < 4.78 is 20.0. The predicted octanol–water partition coefficient (Wildman–Crippen LogP) is 7.03. The molecule has 0 aliphatic carbocycles. The van der Waals surface area contributed by atoms with Crippen LogP contribution >= 0.6 is 0 Å². The third-order valence-corrected chi connectivity index (χ3v) is 20.6. The summed E-state index contributed by atoms with van der Waals surface area (Å²) in [4.78, 5) is 0. The molecule has 0 aromatic heterocycles. The summed E-state index contributed by atoms with van der Waals surface area (Å²) in [5.41, 5.74) is 1.99. The van der Waals surface area contributed by atoms with Crippen LogP contribution in [0.2, 0.25) is 64.5 Å². The van der Waals surface area contributed by atoms with Gasteiger partial charge in [-0.3, -0.25) is 0 Å². The second-order valence-electron chi connectivity index (χ2n) is 10.7. The third-order valence-electron chi connectivity index (χ3n) is 5.24. The number of hydrogen-bond acceptors (Lipinski definition) is 5. The molecule has 0 N–H and O–H groups in total. The minimum atomic E-state index is -2.32. The molecule has 0 aliphatic rings. The Morgan fingerprint density at radius 1 is 0.719 bits per heavy atom. The Balaban J connectivity index is 2.67. The van der Waals surface area contributed by atoms with Gasteiger partial charge >= 0.3 is 17.1 Å². The van der Waals surface area contributed by atoms with Gasteiger partial charge < -0.3 is 12.3 Å². The molecule has 0 spiro atoms. The van der Waals surface area contributed by atoms with Gasteiger partial charge in [0.15, 0.2) is 16.6 Å². The van der Waals surface area contributed by atoms with E-state index in [1.807, 2.05) is 12.1 Å². The van der Waals surface area contributed by atoms with Crippen molar-refractivity contribution in [3.8, 4) is 12.1 Å². The van der Waals surface area contributed by atoms with Crippen LogP contribution in [0.25, 0.3) is 0 Å². The molecule has 0 bridgehead atoms. The summed E-state index contributed by atoms with van der Waals surface area (Å²) >= 11 is 0. The van der Waals surface area contributed by atoms with Crippen molar-refractivity contribution in [1.82, 2.24) is 0 Å². The van der Waals surface area contributed by atoms with Gasteiger partial charge in [-0.05, 0) is 95.0 Å². The molecule has 9 heteroatoms. The van der Waals surface area contributed by atoms with Gasteiger partial charge in [-0.15, -0.1) is 0 Å². The lowest BCUT2D eigenvalue weighted by atomic mass is 10.0. The molecule has 1 aromatic carbocycles. The molecule has 0 aliphatic heterocycles. The van der Waals surface area contributed by atoms with Crippen molar-refractivity contribution in [2.75, 3.05) is 0 Å². The molecule has 0 saturated heterocycles. The Kier molecular flexibility index (Phi) is 10.8. The standard InChI is InChI=1S/C23H42N2O3Si4/c1-10-11-16-29(2,3)26-31(6,7)28-32(8,9)27-30(4,5)17-12-13-21-14-15-22(19-24)23(18-21)20-25/h14-15,18H,10-13,16-17H2,1-9H3. The van der Waals surface area contributed by atoms with E-state index in [0.29, 0.717) is 11.1 Å². The molecule has 32 heavy (non-hydrogen) atoms. The van der Waals surface area contributed by atoms with Gasteiger partial charge in [0.25, 0.3) is 0 Å². The highest BCUT2D eigenvalue weighted by atomic mass is 28.5. The molecule has 0 amide bonds. The summed E-state index contributed by atoms with van der Waals surface area (Å²) in [5.74, 6) is 0. The Labute approximate surface area is 200 Å². The zero-order valence-corrected chi connectivity index (χ0v) is 25.6. The Morgan fingerprint density at radius 2 is 1.22 bits per heavy atom. The lowest BCUT2D eigenvalue weighted by molar-refractivity contribution is 0.327. The van der Waals surface area contributed by atoms with Crippen molar-refractivity contribution in [2.24, 2.45) is 0 Å². The minimum absolute atomic E-state index is 0.439. The molecule has 0 unspecified atom stereocenters. The van der Waals surface area contributed by atoms with E-state index in [-0.39, 0.29) is 0 Å². The van der Waals surface area contributed by atoms with Crippen LogP contribution in [0.4, 0.5) is 0 Å². The van der Waals surface area contributed by atoms with Crippen LogP contribution in [-0.2, 0) is 18.8 Å². The van der Waals surface area contributed by atoms with Gasteiger partial charge in [-0.1, -0.05) is 25.8 Å². The van der Waals surface area contributed by atoms with E-state index in [4.69, 9.17) is 17.6 Å². The summed E-state index contributed by atoms with van der Waals surface area (Å²) in [6.45, 7) is 20.0. The first-order valence-electron chi connectivity index (χ1n) is 11.7. The van der Waals surface area contributed by atoms with E-state index in [2.05, 4.69) is 71.4 Å². The van der Waals surface area contributed by atoms with Crippen molar-refractivity contribution in [1.29, 1.82) is 10.5 Å². The first kappa shape index (κ1) is 29.0. The highest BCUT2D eigenvalue weighted by molar-refractivity contribution is 6.89. The van der Waals surface area contributed by atoms with E-state index in [1.54, 1.807) is 6.07 Å². The van der Waals surface area contributed by atoms with Crippen molar-refractivity contribution in [3.05, 3.63) is 34.9 Å². The maximum absolute atomic E-state index is 9.23. The van der Waals surface area contributed by atoms with Crippen LogP contribution in [0.3, 0.4) is 0 Å². The predicted molar refractivity (Wildman–Crippen MR) is 142 cm³/mol.